The van der Waals surface area contributed by atoms with Gasteiger partial charge in [0.25, 0.3) is 0 Å². The molecule has 40 heavy (non-hydrogen) atoms. The van der Waals surface area contributed by atoms with Gasteiger partial charge in [0.15, 0.2) is 0 Å². The van der Waals surface area contributed by atoms with Gasteiger partial charge in [-0.1, -0.05) is 0 Å². The van der Waals surface area contributed by atoms with Crippen molar-refractivity contribution in [1.82, 2.24) is 0 Å². The van der Waals surface area contributed by atoms with E-state index in [1.807, 2.05) is 0 Å². The molecule has 0 amide bonds. The van der Waals surface area contributed by atoms with Crippen LogP contribution in [0.15, 0.2) is 36.4 Å². The fourth-order valence-electron chi connectivity index (χ4n) is 2.82. The van der Waals surface area contributed by atoms with E-state index in [9.17, 15) is 28.0 Å². The molecule has 0 unspecified atom stereocenters. The molecule has 0 radical (unpaired) electrons. The van der Waals surface area contributed by atoms with Crippen LogP contribution in [0.5, 0.6) is 11.5 Å². The first-order valence-corrected chi connectivity index (χ1v) is 11.8. The van der Waals surface area contributed by atoms with Crippen molar-refractivity contribution in [3.05, 3.63) is 59.2 Å². The summed E-state index contributed by atoms with van der Waals surface area (Å²) in [5, 5.41) is 0. The van der Waals surface area contributed by atoms with E-state index in [-0.39, 0.29) is 39.6 Å². The Bertz CT molecular complexity index is 1060. The Labute approximate surface area is 227 Å². The van der Waals surface area contributed by atoms with Crippen LogP contribution in [-0.2, 0) is 38.0 Å². The van der Waals surface area contributed by atoms with E-state index < -0.39 is 58.1 Å². The molecule has 0 aliphatic heterocycles. The second-order valence-corrected chi connectivity index (χ2v) is 7.54. The molecule has 12 nitrogen and oxygen atoms in total. The van der Waals surface area contributed by atoms with Crippen LogP contribution in [0.25, 0.3) is 0 Å². The molecule has 0 saturated heterocycles. The predicted octanol–water partition coefficient (Wildman–Crippen LogP) is 2.12. The average Bonchev–Trinajstić information content (AvgIpc) is 2.94. The molecule has 0 fully saturated rings. The highest BCUT2D eigenvalue weighted by molar-refractivity contribution is 6.31. The lowest BCUT2D eigenvalue weighted by Crippen LogP contribution is -2.27. The number of benzene rings is 2. The van der Waals surface area contributed by atoms with E-state index in [1.54, 1.807) is 0 Å². The molecule has 218 valence electrons. The van der Waals surface area contributed by atoms with E-state index in [1.165, 1.54) is 14.2 Å². The molecule has 0 spiro atoms. The highest BCUT2D eigenvalue weighted by Crippen LogP contribution is 2.23. The summed E-state index contributed by atoms with van der Waals surface area (Å²) in [6, 6.07) is 5.12. The number of ether oxygens (including phenoxy) is 8. The Hall–Kier alpha value is -3.98. The van der Waals surface area contributed by atoms with E-state index >= 15 is 0 Å². The Morgan fingerprint density at radius 3 is 1.32 bits per heavy atom. The Kier molecular flexibility index (Phi) is 14.2. The van der Waals surface area contributed by atoms with Gasteiger partial charge >= 0.3 is 23.9 Å². The van der Waals surface area contributed by atoms with Gasteiger partial charge in [-0.3, -0.25) is 0 Å². The Balaban J connectivity index is 2.02. The molecule has 0 bridgehead atoms. The fraction of sp³-hybridized carbons (Fsp3) is 0.385. The normalized spacial score (nSPS) is 10.6. The Morgan fingerprint density at radius 2 is 0.950 bits per heavy atom. The van der Waals surface area contributed by atoms with Crippen molar-refractivity contribution in [2.45, 2.75) is 0 Å². The van der Waals surface area contributed by atoms with Gasteiger partial charge in [0.05, 0.1) is 39.6 Å². The molecule has 0 aromatic heterocycles. The largest absolute Gasteiger partial charge is 0.460 e. The summed E-state index contributed by atoms with van der Waals surface area (Å²) in [6.07, 6.45) is 0. The van der Waals surface area contributed by atoms with Crippen molar-refractivity contribution in [2.24, 2.45) is 0 Å². The van der Waals surface area contributed by atoms with Gasteiger partial charge in [0.2, 0.25) is 0 Å². The lowest BCUT2D eigenvalue weighted by molar-refractivity contribution is -0.156. The fourth-order valence-corrected chi connectivity index (χ4v) is 2.82. The van der Waals surface area contributed by atoms with E-state index in [0.29, 0.717) is 13.2 Å². The second kappa shape index (κ2) is 17.6. The van der Waals surface area contributed by atoms with Crippen LogP contribution in [0, 0.1) is 11.6 Å². The summed E-state index contributed by atoms with van der Waals surface area (Å²) in [6.45, 7) is 0.835. The van der Waals surface area contributed by atoms with Crippen LogP contribution >= 0.6 is 0 Å². The number of methoxy groups -OCH3 is 2. The van der Waals surface area contributed by atoms with Crippen LogP contribution in [-0.4, -0.2) is 91.0 Å². The van der Waals surface area contributed by atoms with Crippen molar-refractivity contribution in [3.8, 4) is 11.5 Å². The lowest BCUT2D eigenvalue weighted by Gasteiger charge is -2.12. The van der Waals surface area contributed by atoms with Crippen LogP contribution in [0.2, 0.25) is 0 Å². The van der Waals surface area contributed by atoms with Gasteiger partial charge in [-0.15, -0.1) is 0 Å². The van der Waals surface area contributed by atoms with Gasteiger partial charge in [0, 0.05) is 14.2 Å². The molecule has 2 aromatic carbocycles. The molecule has 2 rings (SSSR count). The van der Waals surface area contributed by atoms with Crippen molar-refractivity contribution in [1.29, 1.82) is 0 Å². The van der Waals surface area contributed by atoms with Crippen LogP contribution in [0.4, 0.5) is 8.78 Å². The number of hydrogen-bond donors (Lipinski definition) is 0. The zero-order valence-corrected chi connectivity index (χ0v) is 21.8. The Morgan fingerprint density at radius 1 is 0.575 bits per heavy atom. The molecule has 0 heterocycles. The third-order valence-corrected chi connectivity index (χ3v) is 4.68. The second-order valence-electron chi connectivity index (χ2n) is 7.54. The van der Waals surface area contributed by atoms with E-state index in [4.69, 9.17) is 37.9 Å². The van der Waals surface area contributed by atoms with Gasteiger partial charge in [0.1, 0.15) is 47.5 Å². The summed E-state index contributed by atoms with van der Waals surface area (Å²) < 4.78 is 67.2. The average molecular weight is 570 g/mol. The summed E-state index contributed by atoms with van der Waals surface area (Å²) in [5.74, 6) is -8.05. The number of carbonyl (C=O) groups excluding carboxylic acids is 4. The number of esters is 4. The highest BCUT2D eigenvalue weighted by atomic mass is 19.1. The predicted molar refractivity (Wildman–Crippen MR) is 130 cm³/mol. The van der Waals surface area contributed by atoms with Crippen molar-refractivity contribution in [2.75, 3.05) is 67.1 Å². The quantitative estimate of drug-likeness (QED) is 0.126. The minimum Gasteiger partial charge on any atom is -0.460 e. The van der Waals surface area contributed by atoms with Crippen LogP contribution in [0.1, 0.15) is 20.7 Å². The number of rotatable bonds is 16. The summed E-state index contributed by atoms with van der Waals surface area (Å²) in [5.41, 5.74) is -0.978. The third-order valence-electron chi connectivity index (χ3n) is 4.68. The lowest BCUT2D eigenvalue weighted by atomic mass is 10.2. The molecule has 0 aliphatic carbocycles. The molecule has 0 aliphatic rings. The first-order valence-electron chi connectivity index (χ1n) is 11.8. The maximum atomic E-state index is 13.8. The van der Waals surface area contributed by atoms with Gasteiger partial charge in [-0.25, -0.2) is 28.0 Å². The molecular weight excluding hydrogens is 542 g/mol. The third kappa shape index (κ3) is 11.0. The number of hydrogen-bond acceptors (Lipinski definition) is 12. The molecule has 0 N–H and O–H groups in total. The molecular formula is C26H28F2O12. The van der Waals surface area contributed by atoms with Gasteiger partial charge in [-0.05, 0) is 36.4 Å². The zero-order chi connectivity index (χ0) is 29.3. The van der Waals surface area contributed by atoms with Crippen LogP contribution < -0.4 is 9.47 Å². The van der Waals surface area contributed by atoms with Crippen molar-refractivity contribution in [3.63, 3.8) is 0 Å². The zero-order valence-electron chi connectivity index (χ0n) is 21.8. The maximum Gasteiger partial charge on any atom is 0.423 e. The van der Waals surface area contributed by atoms with Crippen molar-refractivity contribution >= 4 is 23.9 Å². The molecule has 0 saturated carbocycles. The number of carbonyl (C=O) groups is 4. The SMILES string of the molecule is COCCOCCOC(=O)c1cc(F)ccc1OC(=O)C(=O)Oc1ccc(F)cc1C(=O)OCCOCCOC. The summed E-state index contributed by atoms with van der Waals surface area (Å²) >= 11 is 0. The molecule has 0 atom stereocenters. The summed E-state index contributed by atoms with van der Waals surface area (Å²) in [7, 11) is 2.98. The monoisotopic (exact) mass is 570 g/mol. The van der Waals surface area contributed by atoms with Gasteiger partial charge < -0.3 is 37.9 Å². The van der Waals surface area contributed by atoms with Crippen LogP contribution in [0.3, 0.4) is 0 Å². The highest BCUT2D eigenvalue weighted by Gasteiger charge is 2.26. The topological polar surface area (TPSA) is 142 Å². The smallest absolute Gasteiger partial charge is 0.423 e. The first kappa shape index (κ1) is 32.2. The standard InChI is InChI=1S/C26H28F2O12/c1-33-7-9-35-11-13-37-23(29)19-15-17(27)3-5-21(19)39-25(31)26(32)40-22-6-4-18(28)16-20(22)24(30)38-14-12-36-10-8-34-2/h3-6,15-16H,7-14H2,1-2H3. The van der Waals surface area contributed by atoms with Gasteiger partial charge in [-0.2, -0.15) is 0 Å². The summed E-state index contributed by atoms with van der Waals surface area (Å²) in [4.78, 5) is 49.5. The maximum absolute atomic E-state index is 13.8. The minimum absolute atomic E-state index is 0.0230. The number of halogens is 2. The van der Waals surface area contributed by atoms with E-state index in [0.717, 1.165) is 36.4 Å². The first-order chi connectivity index (χ1) is 19.3. The molecule has 2 aromatic rings. The van der Waals surface area contributed by atoms with E-state index in [2.05, 4.69) is 0 Å². The minimum atomic E-state index is -1.63. The molecule has 14 heteroatoms. The van der Waals surface area contributed by atoms with Crippen molar-refractivity contribution < 1.29 is 65.9 Å².